The van der Waals surface area contributed by atoms with Crippen molar-refractivity contribution < 1.29 is 18.8 Å². The van der Waals surface area contributed by atoms with Crippen LogP contribution >= 0.6 is 0 Å². The average molecular weight is 367 g/mol. The van der Waals surface area contributed by atoms with Crippen LogP contribution in [-0.2, 0) is 9.59 Å². The molecule has 0 unspecified atom stereocenters. The van der Waals surface area contributed by atoms with E-state index in [1.165, 1.54) is 6.26 Å². The summed E-state index contributed by atoms with van der Waals surface area (Å²) in [6.07, 6.45) is 2.00. The van der Waals surface area contributed by atoms with Gasteiger partial charge in [-0.1, -0.05) is 18.2 Å². The number of carbonyl (C=O) groups is 3. The summed E-state index contributed by atoms with van der Waals surface area (Å²) in [6, 6.07) is 12.7. The smallest absolute Gasteiger partial charge is 0.289 e. The first-order chi connectivity index (χ1) is 13.1. The van der Waals surface area contributed by atoms with Crippen molar-refractivity contribution in [2.45, 2.75) is 6.42 Å². The summed E-state index contributed by atoms with van der Waals surface area (Å²) in [7, 11) is 0. The summed E-state index contributed by atoms with van der Waals surface area (Å²) in [4.78, 5) is 42.9. The predicted molar refractivity (Wildman–Crippen MR) is 98.1 cm³/mol. The highest BCUT2D eigenvalue weighted by atomic mass is 16.3. The van der Waals surface area contributed by atoms with E-state index in [-0.39, 0.29) is 17.7 Å². The number of carbonyl (C=O) groups excluding carboxylic acids is 3. The van der Waals surface area contributed by atoms with Crippen LogP contribution < -0.4 is 4.90 Å². The predicted octanol–water partition coefficient (Wildman–Crippen LogP) is 1.62. The van der Waals surface area contributed by atoms with Crippen molar-refractivity contribution in [3.8, 4) is 0 Å². The Kier molecular flexibility index (Phi) is 4.66. The number of piperazine rings is 1. The number of amides is 3. The minimum absolute atomic E-state index is 0.136. The highest BCUT2D eigenvalue weighted by molar-refractivity contribution is 6.09. The van der Waals surface area contributed by atoms with E-state index >= 15 is 0 Å². The van der Waals surface area contributed by atoms with Crippen LogP contribution in [0.15, 0.2) is 53.1 Å². The van der Waals surface area contributed by atoms with Crippen molar-refractivity contribution in [3.63, 3.8) is 0 Å². The van der Waals surface area contributed by atoms with Crippen molar-refractivity contribution in [3.05, 3.63) is 54.5 Å². The summed E-state index contributed by atoms with van der Waals surface area (Å²) < 4.78 is 5.15. The third kappa shape index (κ3) is 3.32. The third-order valence-electron chi connectivity index (χ3n) is 5.18. The molecule has 7 heteroatoms. The molecule has 0 N–H and O–H groups in total. The quantitative estimate of drug-likeness (QED) is 0.773. The normalized spacial score (nSPS) is 20.2. The Bertz CT molecular complexity index is 826. The minimum atomic E-state index is -0.627. The van der Waals surface area contributed by atoms with Gasteiger partial charge < -0.3 is 19.1 Å². The van der Waals surface area contributed by atoms with E-state index in [0.29, 0.717) is 44.9 Å². The minimum Gasteiger partial charge on any atom is -0.459 e. The molecule has 0 spiro atoms. The standard InChI is InChI=1S/C20H21N3O4/c24-18(16-8-9-23(19(16)25)15-5-2-1-3-6-15)21-10-12-22(13-11-21)20(26)17-7-4-14-27-17/h1-7,14,16H,8-13H2/t16-/m0/s1. The lowest BCUT2D eigenvalue weighted by Gasteiger charge is -2.35. The fourth-order valence-electron chi connectivity index (χ4n) is 3.68. The number of hydrogen-bond donors (Lipinski definition) is 0. The van der Waals surface area contributed by atoms with E-state index in [1.54, 1.807) is 26.8 Å². The average Bonchev–Trinajstić information content (AvgIpc) is 3.38. The molecular formula is C20H21N3O4. The maximum Gasteiger partial charge on any atom is 0.289 e. The molecule has 0 saturated carbocycles. The van der Waals surface area contributed by atoms with E-state index in [4.69, 9.17) is 4.42 Å². The van der Waals surface area contributed by atoms with Crippen LogP contribution in [0.5, 0.6) is 0 Å². The zero-order valence-electron chi connectivity index (χ0n) is 14.9. The second-order valence-electron chi connectivity index (χ2n) is 6.76. The van der Waals surface area contributed by atoms with Crippen molar-refractivity contribution in [2.24, 2.45) is 5.92 Å². The number of hydrogen-bond acceptors (Lipinski definition) is 4. The Morgan fingerprint density at radius 3 is 2.26 bits per heavy atom. The van der Waals surface area contributed by atoms with E-state index in [0.717, 1.165) is 5.69 Å². The van der Waals surface area contributed by atoms with Crippen molar-refractivity contribution in [1.82, 2.24) is 9.80 Å². The molecule has 27 heavy (non-hydrogen) atoms. The SMILES string of the molecule is O=C(c1ccco1)N1CCN(C(=O)[C@@H]2CCN(c3ccccc3)C2=O)CC1. The molecule has 2 fully saturated rings. The van der Waals surface area contributed by atoms with Crippen LogP contribution in [-0.4, -0.2) is 60.2 Å². The molecule has 1 aromatic carbocycles. The zero-order chi connectivity index (χ0) is 18.8. The summed E-state index contributed by atoms with van der Waals surface area (Å²) in [5, 5.41) is 0. The fraction of sp³-hybridized carbons (Fsp3) is 0.350. The highest BCUT2D eigenvalue weighted by Gasteiger charge is 2.40. The number of nitrogens with zero attached hydrogens (tertiary/aromatic N) is 3. The molecule has 2 aromatic rings. The third-order valence-corrected chi connectivity index (χ3v) is 5.18. The van der Waals surface area contributed by atoms with Gasteiger partial charge >= 0.3 is 0 Å². The number of anilines is 1. The van der Waals surface area contributed by atoms with Gasteiger partial charge in [-0.3, -0.25) is 14.4 Å². The van der Waals surface area contributed by atoms with E-state index in [9.17, 15) is 14.4 Å². The van der Waals surface area contributed by atoms with Crippen LogP contribution in [0.1, 0.15) is 17.0 Å². The maximum atomic E-state index is 12.8. The molecule has 1 aromatic heterocycles. The van der Waals surface area contributed by atoms with Crippen molar-refractivity contribution >= 4 is 23.4 Å². The van der Waals surface area contributed by atoms with Gasteiger partial charge in [0.2, 0.25) is 11.8 Å². The molecule has 7 nitrogen and oxygen atoms in total. The first-order valence-corrected chi connectivity index (χ1v) is 9.13. The first kappa shape index (κ1) is 17.3. The van der Waals surface area contributed by atoms with Gasteiger partial charge in [0.15, 0.2) is 5.76 Å². The lowest BCUT2D eigenvalue weighted by Crippen LogP contribution is -2.52. The van der Waals surface area contributed by atoms with Crippen LogP contribution in [0.2, 0.25) is 0 Å². The Morgan fingerprint density at radius 1 is 0.889 bits per heavy atom. The maximum absolute atomic E-state index is 12.8. The van der Waals surface area contributed by atoms with Gasteiger partial charge in [-0.15, -0.1) is 0 Å². The monoisotopic (exact) mass is 367 g/mol. The highest BCUT2D eigenvalue weighted by Crippen LogP contribution is 2.26. The lowest BCUT2D eigenvalue weighted by molar-refractivity contribution is -0.141. The molecule has 3 heterocycles. The van der Waals surface area contributed by atoms with E-state index < -0.39 is 5.92 Å². The molecule has 2 aliphatic rings. The summed E-state index contributed by atoms with van der Waals surface area (Å²) in [5.41, 5.74) is 0.826. The van der Waals surface area contributed by atoms with Crippen LogP contribution in [0, 0.1) is 5.92 Å². The molecule has 0 bridgehead atoms. The molecule has 4 rings (SSSR count). The number of para-hydroxylation sites is 1. The van der Waals surface area contributed by atoms with Gasteiger partial charge in [0, 0.05) is 38.4 Å². The summed E-state index contributed by atoms with van der Waals surface area (Å²) in [6.45, 7) is 2.29. The van der Waals surface area contributed by atoms with Crippen molar-refractivity contribution in [2.75, 3.05) is 37.6 Å². The first-order valence-electron chi connectivity index (χ1n) is 9.13. The Balaban J connectivity index is 1.36. The van der Waals surface area contributed by atoms with E-state index in [2.05, 4.69) is 0 Å². The number of benzene rings is 1. The molecule has 0 aliphatic carbocycles. The second-order valence-corrected chi connectivity index (χ2v) is 6.76. The van der Waals surface area contributed by atoms with Gasteiger partial charge in [-0.25, -0.2) is 0 Å². The Hall–Kier alpha value is -3.09. The molecular weight excluding hydrogens is 346 g/mol. The van der Waals surface area contributed by atoms with Crippen LogP contribution in [0.4, 0.5) is 5.69 Å². The van der Waals surface area contributed by atoms with Gasteiger partial charge in [-0.05, 0) is 30.7 Å². The summed E-state index contributed by atoms with van der Waals surface area (Å²) in [5.74, 6) is -0.764. The molecule has 3 amide bonds. The largest absolute Gasteiger partial charge is 0.459 e. The Morgan fingerprint density at radius 2 is 1.59 bits per heavy atom. The number of furan rings is 1. The lowest BCUT2D eigenvalue weighted by atomic mass is 10.1. The number of rotatable bonds is 3. The van der Waals surface area contributed by atoms with Gasteiger partial charge in [-0.2, -0.15) is 0 Å². The summed E-state index contributed by atoms with van der Waals surface area (Å²) >= 11 is 0. The molecule has 1 atom stereocenters. The molecule has 2 aliphatic heterocycles. The van der Waals surface area contributed by atoms with Gasteiger partial charge in [0.25, 0.3) is 5.91 Å². The molecule has 140 valence electrons. The van der Waals surface area contributed by atoms with Crippen molar-refractivity contribution in [1.29, 1.82) is 0 Å². The zero-order valence-corrected chi connectivity index (χ0v) is 14.9. The Labute approximate surface area is 157 Å². The molecule has 0 radical (unpaired) electrons. The van der Waals surface area contributed by atoms with Crippen LogP contribution in [0.3, 0.4) is 0 Å². The van der Waals surface area contributed by atoms with Crippen LogP contribution in [0.25, 0.3) is 0 Å². The topological polar surface area (TPSA) is 74.1 Å². The van der Waals surface area contributed by atoms with Gasteiger partial charge in [0.05, 0.1) is 6.26 Å². The van der Waals surface area contributed by atoms with Gasteiger partial charge in [0.1, 0.15) is 5.92 Å². The fourth-order valence-corrected chi connectivity index (χ4v) is 3.68. The molecule has 2 saturated heterocycles. The van der Waals surface area contributed by atoms with E-state index in [1.807, 2.05) is 30.3 Å². The second kappa shape index (κ2) is 7.26.